The third-order valence-corrected chi connectivity index (χ3v) is 3.95. The molecule has 9 heteroatoms. The van der Waals surface area contributed by atoms with Gasteiger partial charge in [0, 0.05) is 11.1 Å². The summed E-state index contributed by atoms with van der Waals surface area (Å²) in [5.41, 5.74) is 0.725. The highest BCUT2D eigenvalue weighted by atomic mass is 16.7. The van der Waals surface area contributed by atoms with E-state index in [1.54, 1.807) is 12.1 Å². The van der Waals surface area contributed by atoms with Crippen LogP contribution in [0.1, 0.15) is 24.2 Å². The van der Waals surface area contributed by atoms with Crippen LogP contribution in [0.25, 0.3) is 0 Å². The van der Waals surface area contributed by atoms with Gasteiger partial charge in [-0.15, -0.1) is 0 Å². The van der Waals surface area contributed by atoms with Crippen molar-refractivity contribution in [1.82, 2.24) is 0 Å². The number of ether oxygens (including phenoxy) is 6. The highest BCUT2D eigenvalue weighted by molar-refractivity contribution is 5.92. The number of carbonyl (C=O) groups excluding carboxylic acids is 3. The molecule has 0 N–H and O–H groups in total. The molecule has 0 fully saturated rings. The van der Waals surface area contributed by atoms with E-state index in [-0.39, 0.29) is 47.5 Å². The Bertz CT molecular complexity index is 1040. The fraction of sp³-hybridized carbons (Fsp3) is 0.208. The standard InChI is InChI=1S/C24H24O9/c1-15(2)22(25)31-13-29-18-7-9-19(10-8-18)33-24(27)17-6-11-20(21(12-17)28-5)30-14-32-23(26)16(3)4/h6-12H,1,3,13-14H2,2,4-5H3. The largest absolute Gasteiger partial charge is 0.493 e. The molecule has 0 spiro atoms. The summed E-state index contributed by atoms with van der Waals surface area (Å²) < 4.78 is 30.9. The van der Waals surface area contributed by atoms with Gasteiger partial charge in [0.1, 0.15) is 11.5 Å². The molecule has 2 rings (SSSR count). The molecular formula is C24H24O9. The van der Waals surface area contributed by atoms with E-state index in [0.717, 1.165) is 0 Å². The van der Waals surface area contributed by atoms with Crippen LogP contribution >= 0.6 is 0 Å². The highest BCUT2D eigenvalue weighted by Gasteiger charge is 2.14. The monoisotopic (exact) mass is 456 g/mol. The first-order valence-corrected chi connectivity index (χ1v) is 9.62. The normalized spacial score (nSPS) is 9.91. The second-order valence-corrected chi connectivity index (χ2v) is 6.68. The van der Waals surface area contributed by atoms with Gasteiger partial charge in [0.15, 0.2) is 11.5 Å². The molecule has 0 saturated heterocycles. The number of esters is 3. The Balaban J connectivity index is 1.93. The molecule has 0 aliphatic heterocycles. The summed E-state index contributed by atoms with van der Waals surface area (Å²) in [4.78, 5) is 35.2. The minimum atomic E-state index is -0.627. The van der Waals surface area contributed by atoms with Gasteiger partial charge < -0.3 is 28.4 Å². The van der Waals surface area contributed by atoms with E-state index in [0.29, 0.717) is 5.75 Å². The maximum Gasteiger partial charge on any atom is 0.343 e. The van der Waals surface area contributed by atoms with Gasteiger partial charge in [-0.25, -0.2) is 14.4 Å². The number of benzene rings is 2. The summed E-state index contributed by atoms with van der Waals surface area (Å²) in [6.45, 7) is 9.38. The Kier molecular flexibility index (Phi) is 9.05. The van der Waals surface area contributed by atoms with Crippen LogP contribution in [-0.2, 0) is 19.1 Å². The molecule has 0 amide bonds. The van der Waals surface area contributed by atoms with Crippen LogP contribution in [0.2, 0.25) is 0 Å². The molecule has 0 unspecified atom stereocenters. The minimum absolute atomic E-state index is 0.213. The van der Waals surface area contributed by atoms with Crippen LogP contribution in [0, 0.1) is 0 Å². The minimum Gasteiger partial charge on any atom is -0.493 e. The predicted molar refractivity (Wildman–Crippen MR) is 117 cm³/mol. The summed E-state index contributed by atoms with van der Waals surface area (Å²) in [6, 6.07) is 10.6. The first-order valence-electron chi connectivity index (χ1n) is 9.62. The molecule has 0 aromatic heterocycles. The lowest BCUT2D eigenvalue weighted by molar-refractivity contribution is -0.146. The van der Waals surface area contributed by atoms with Crippen molar-refractivity contribution in [3.05, 3.63) is 72.3 Å². The van der Waals surface area contributed by atoms with Crippen molar-refractivity contribution >= 4 is 17.9 Å². The van der Waals surface area contributed by atoms with Crippen LogP contribution in [0.5, 0.6) is 23.0 Å². The van der Waals surface area contributed by atoms with Crippen LogP contribution in [0.4, 0.5) is 0 Å². The van der Waals surface area contributed by atoms with Crippen LogP contribution < -0.4 is 18.9 Å². The van der Waals surface area contributed by atoms with Gasteiger partial charge in [-0.1, -0.05) is 13.2 Å². The summed E-state index contributed by atoms with van der Waals surface area (Å²) >= 11 is 0. The lowest BCUT2D eigenvalue weighted by atomic mass is 10.2. The van der Waals surface area contributed by atoms with E-state index in [4.69, 9.17) is 28.4 Å². The second-order valence-electron chi connectivity index (χ2n) is 6.68. The first kappa shape index (κ1) is 25.0. The van der Waals surface area contributed by atoms with Crippen molar-refractivity contribution in [2.24, 2.45) is 0 Å². The zero-order chi connectivity index (χ0) is 24.4. The SMILES string of the molecule is C=C(C)C(=O)OCOc1ccc(OC(=O)c2ccc(OCOC(=O)C(=C)C)c(OC)c2)cc1. The van der Waals surface area contributed by atoms with Crippen molar-refractivity contribution < 1.29 is 42.8 Å². The lowest BCUT2D eigenvalue weighted by Gasteiger charge is -2.12. The second kappa shape index (κ2) is 11.9. The summed E-state index contributed by atoms with van der Waals surface area (Å²) in [5.74, 6) is -0.547. The molecule has 9 nitrogen and oxygen atoms in total. The number of carbonyl (C=O) groups is 3. The smallest absolute Gasteiger partial charge is 0.343 e. The van der Waals surface area contributed by atoms with Gasteiger partial charge in [0.05, 0.1) is 12.7 Å². The zero-order valence-corrected chi connectivity index (χ0v) is 18.5. The van der Waals surface area contributed by atoms with Crippen LogP contribution in [-0.4, -0.2) is 38.6 Å². The fourth-order valence-corrected chi connectivity index (χ4v) is 2.23. The molecule has 33 heavy (non-hydrogen) atoms. The van der Waals surface area contributed by atoms with Gasteiger partial charge in [-0.2, -0.15) is 0 Å². The number of hydrogen-bond acceptors (Lipinski definition) is 9. The molecule has 0 atom stereocenters. The first-order chi connectivity index (χ1) is 15.7. The Morgan fingerprint density at radius 3 is 1.85 bits per heavy atom. The van der Waals surface area contributed by atoms with Crippen molar-refractivity contribution in [1.29, 1.82) is 0 Å². The van der Waals surface area contributed by atoms with E-state index in [1.807, 2.05) is 0 Å². The van der Waals surface area contributed by atoms with Crippen molar-refractivity contribution in [2.75, 3.05) is 20.7 Å². The van der Waals surface area contributed by atoms with Gasteiger partial charge in [0.2, 0.25) is 13.6 Å². The topological polar surface area (TPSA) is 107 Å². The molecule has 2 aromatic carbocycles. The summed E-state index contributed by atoms with van der Waals surface area (Å²) in [7, 11) is 1.41. The van der Waals surface area contributed by atoms with E-state index >= 15 is 0 Å². The molecule has 0 aliphatic rings. The Morgan fingerprint density at radius 2 is 1.30 bits per heavy atom. The summed E-state index contributed by atoms with van der Waals surface area (Å²) in [5, 5.41) is 0. The van der Waals surface area contributed by atoms with Gasteiger partial charge >= 0.3 is 17.9 Å². The van der Waals surface area contributed by atoms with E-state index < -0.39 is 17.9 Å². The molecule has 174 valence electrons. The Hall–Kier alpha value is -4.27. The highest BCUT2D eigenvalue weighted by Crippen LogP contribution is 2.29. The maximum atomic E-state index is 12.5. The number of methoxy groups -OCH3 is 1. The Morgan fingerprint density at radius 1 is 0.758 bits per heavy atom. The third-order valence-electron chi connectivity index (χ3n) is 3.95. The molecule has 0 heterocycles. The molecule has 0 aliphatic carbocycles. The van der Waals surface area contributed by atoms with Crippen molar-refractivity contribution in [3.8, 4) is 23.0 Å². The Labute approximate surface area is 191 Å². The average molecular weight is 456 g/mol. The van der Waals surface area contributed by atoms with Crippen LogP contribution in [0.15, 0.2) is 66.8 Å². The van der Waals surface area contributed by atoms with Gasteiger partial charge in [-0.05, 0) is 56.3 Å². The predicted octanol–water partition coefficient (Wildman–Crippen LogP) is 3.83. The molecule has 0 radical (unpaired) electrons. The number of hydrogen-bond donors (Lipinski definition) is 0. The van der Waals surface area contributed by atoms with E-state index in [1.165, 1.54) is 51.3 Å². The molecular weight excluding hydrogens is 432 g/mol. The van der Waals surface area contributed by atoms with Crippen molar-refractivity contribution in [3.63, 3.8) is 0 Å². The average Bonchev–Trinajstić information content (AvgIpc) is 2.79. The fourth-order valence-electron chi connectivity index (χ4n) is 2.23. The lowest BCUT2D eigenvalue weighted by Crippen LogP contribution is -2.12. The summed E-state index contributed by atoms with van der Waals surface area (Å²) in [6.07, 6.45) is 0. The molecule has 0 bridgehead atoms. The van der Waals surface area contributed by atoms with Crippen molar-refractivity contribution in [2.45, 2.75) is 13.8 Å². The zero-order valence-electron chi connectivity index (χ0n) is 18.5. The van der Waals surface area contributed by atoms with Gasteiger partial charge in [-0.3, -0.25) is 0 Å². The quantitative estimate of drug-likeness (QED) is 0.216. The maximum absolute atomic E-state index is 12.5. The molecule has 0 saturated carbocycles. The van der Waals surface area contributed by atoms with Gasteiger partial charge in [0.25, 0.3) is 0 Å². The number of rotatable bonds is 11. The molecule has 2 aromatic rings. The van der Waals surface area contributed by atoms with E-state index in [9.17, 15) is 14.4 Å². The van der Waals surface area contributed by atoms with Crippen LogP contribution in [0.3, 0.4) is 0 Å². The third kappa shape index (κ3) is 7.73. The van der Waals surface area contributed by atoms with E-state index in [2.05, 4.69) is 13.2 Å².